The molecule has 1 heteroatoms. The largest absolute Gasteiger partial charge is 0.303 e. The summed E-state index contributed by atoms with van der Waals surface area (Å²) in [7, 11) is 0. The minimum Gasteiger partial charge on any atom is -0.303 e. The average molecular weight is 167 g/mol. The molecule has 0 unspecified atom stereocenters. The van der Waals surface area contributed by atoms with Crippen molar-refractivity contribution in [1.29, 1.82) is 0 Å². The van der Waals surface area contributed by atoms with E-state index >= 15 is 0 Å². The van der Waals surface area contributed by atoms with Crippen LogP contribution in [0.2, 0.25) is 0 Å². The molecule has 0 atom stereocenters. The summed E-state index contributed by atoms with van der Waals surface area (Å²) >= 11 is 0. The van der Waals surface area contributed by atoms with Crippen LogP contribution in [0.25, 0.3) is 0 Å². The number of carbonyl (C=O) groups is 1. The van der Waals surface area contributed by atoms with Gasteiger partial charge in [-0.1, -0.05) is 44.9 Å². The molecule has 0 amide bonds. The Balaban J connectivity index is 2.21. The number of hydrogen-bond acceptors (Lipinski definition) is 1. The van der Waals surface area contributed by atoms with Crippen LogP contribution in [0.1, 0.15) is 57.8 Å². The van der Waals surface area contributed by atoms with Gasteiger partial charge in [0, 0.05) is 5.92 Å². The van der Waals surface area contributed by atoms with Gasteiger partial charge in [0.15, 0.2) is 0 Å². The predicted molar refractivity (Wildman–Crippen MR) is 50.9 cm³/mol. The Hall–Kier alpha value is -0.330. The Kier molecular flexibility index (Phi) is 5.05. The normalized spacial score (nSPS) is 23.3. The zero-order valence-corrected chi connectivity index (χ0v) is 7.85. The van der Waals surface area contributed by atoms with Gasteiger partial charge in [0.25, 0.3) is 0 Å². The number of carbonyl (C=O) groups excluding carboxylic acids is 1. The highest BCUT2D eigenvalue weighted by Gasteiger charge is 2.08. The van der Waals surface area contributed by atoms with Gasteiger partial charge in [0.05, 0.1) is 0 Å². The predicted octanol–water partition coefficient (Wildman–Crippen LogP) is 3.28. The lowest BCUT2D eigenvalue weighted by molar-refractivity contribution is -0.106. The van der Waals surface area contributed by atoms with Crippen LogP contribution in [0.4, 0.5) is 0 Å². The quantitative estimate of drug-likeness (QED) is 0.548. The minimum atomic E-state index is 1.06. The molecule has 1 radical (unpaired) electrons. The molecule has 1 fully saturated rings. The molecule has 1 aliphatic rings. The summed E-state index contributed by atoms with van der Waals surface area (Å²) in [6.45, 7) is 0. The van der Waals surface area contributed by atoms with E-state index in [1.165, 1.54) is 44.9 Å². The molecule has 1 nitrogen and oxygen atoms in total. The Bertz CT molecular complexity index is 110. The summed E-state index contributed by atoms with van der Waals surface area (Å²) < 4.78 is 0. The lowest BCUT2D eigenvalue weighted by Crippen LogP contribution is -2.00. The molecule has 0 bridgehead atoms. The summed E-state index contributed by atoms with van der Waals surface area (Å²) in [5.74, 6) is 1.15. The van der Waals surface area contributed by atoms with E-state index in [0.717, 1.165) is 25.0 Å². The molecule has 1 rings (SSSR count). The number of rotatable bonds is 1. The van der Waals surface area contributed by atoms with Gasteiger partial charge < -0.3 is 4.79 Å². The first kappa shape index (κ1) is 9.76. The highest BCUT2D eigenvalue weighted by molar-refractivity contribution is 5.68. The Labute approximate surface area is 75.5 Å². The van der Waals surface area contributed by atoms with E-state index in [4.69, 9.17) is 0 Å². The van der Waals surface area contributed by atoms with E-state index in [0.29, 0.717) is 0 Å². The Morgan fingerprint density at radius 2 is 1.17 bits per heavy atom. The standard InChI is InChI=1S/C11H19O/c12-10-11-8-6-4-2-1-3-5-7-9-11/h10H,1-9H2. The van der Waals surface area contributed by atoms with E-state index in [9.17, 15) is 4.79 Å². The molecule has 0 aromatic heterocycles. The van der Waals surface area contributed by atoms with E-state index in [2.05, 4.69) is 0 Å². The van der Waals surface area contributed by atoms with Crippen molar-refractivity contribution in [2.24, 2.45) is 0 Å². The molecule has 0 N–H and O–H groups in total. The smallest absolute Gasteiger partial charge is 0.127 e. The van der Waals surface area contributed by atoms with Gasteiger partial charge in [0.2, 0.25) is 0 Å². The molecule has 0 saturated heterocycles. The second kappa shape index (κ2) is 6.22. The van der Waals surface area contributed by atoms with E-state index < -0.39 is 0 Å². The fourth-order valence-electron chi connectivity index (χ4n) is 1.83. The maximum absolute atomic E-state index is 10.6. The van der Waals surface area contributed by atoms with Crippen molar-refractivity contribution in [2.45, 2.75) is 57.8 Å². The highest BCUT2D eigenvalue weighted by atomic mass is 16.1. The van der Waals surface area contributed by atoms with Gasteiger partial charge in [0.1, 0.15) is 6.29 Å². The van der Waals surface area contributed by atoms with Crippen LogP contribution in [0.5, 0.6) is 0 Å². The topological polar surface area (TPSA) is 17.1 Å². The molecule has 0 spiro atoms. The van der Waals surface area contributed by atoms with Crippen LogP contribution >= 0.6 is 0 Å². The average Bonchev–Trinajstić information content (AvgIpc) is 2.14. The third kappa shape index (κ3) is 3.89. The second-order valence-electron chi connectivity index (χ2n) is 3.75. The molecule has 12 heavy (non-hydrogen) atoms. The first-order valence-corrected chi connectivity index (χ1v) is 5.23. The summed E-state index contributed by atoms with van der Waals surface area (Å²) in [5, 5.41) is 0. The van der Waals surface area contributed by atoms with Crippen molar-refractivity contribution in [2.75, 3.05) is 0 Å². The second-order valence-corrected chi connectivity index (χ2v) is 3.75. The first-order valence-electron chi connectivity index (χ1n) is 5.23. The monoisotopic (exact) mass is 167 g/mol. The van der Waals surface area contributed by atoms with Crippen molar-refractivity contribution >= 4 is 6.29 Å². The van der Waals surface area contributed by atoms with Gasteiger partial charge in [-0.15, -0.1) is 0 Å². The van der Waals surface area contributed by atoms with Crippen molar-refractivity contribution in [3.63, 3.8) is 0 Å². The van der Waals surface area contributed by atoms with Gasteiger partial charge in [-0.05, 0) is 12.8 Å². The first-order chi connectivity index (χ1) is 5.93. The zero-order valence-electron chi connectivity index (χ0n) is 7.85. The number of aldehydes is 1. The van der Waals surface area contributed by atoms with Crippen molar-refractivity contribution in [3.05, 3.63) is 5.92 Å². The van der Waals surface area contributed by atoms with Crippen molar-refractivity contribution < 1.29 is 4.79 Å². The van der Waals surface area contributed by atoms with Gasteiger partial charge in [-0.25, -0.2) is 0 Å². The molecule has 0 heterocycles. The molecule has 0 aromatic carbocycles. The Morgan fingerprint density at radius 3 is 1.58 bits per heavy atom. The van der Waals surface area contributed by atoms with Crippen LogP contribution in [0.3, 0.4) is 0 Å². The molecule has 1 saturated carbocycles. The lowest BCUT2D eigenvalue weighted by Gasteiger charge is -2.11. The molecule has 69 valence electrons. The highest BCUT2D eigenvalue weighted by Crippen LogP contribution is 2.20. The molecular weight excluding hydrogens is 148 g/mol. The van der Waals surface area contributed by atoms with E-state index in [1.807, 2.05) is 0 Å². The van der Waals surface area contributed by atoms with Crippen molar-refractivity contribution in [1.82, 2.24) is 0 Å². The molecule has 0 aromatic rings. The third-order valence-corrected chi connectivity index (χ3v) is 2.66. The lowest BCUT2D eigenvalue weighted by atomic mass is 9.93. The van der Waals surface area contributed by atoms with Crippen molar-refractivity contribution in [3.8, 4) is 0 Å². The van der Waals surface area contributed by atoms with E-state index in [1.54, 1.807) is 0 Å². The van der Waals surface area contributed by atoms with Crippen LogP contribution in [-0.4, -0.2) is 6.29 Å². The molecule has 1 aliphatic carbocycles. The zero-order chi connectivity index (χ0) is 8.65. The van der Waals surface area contributed by atoms with Crippen LogP contribution in [0.15, 0.2) is 0 Å². The summed E-state index contributed by atoms with van der Waals surface area (Å²) in [6.07, 6.45) is 12.4. The minimum absolute atomic E-state index is 1.06. The van der Waals surface area contributed by atoms with Crippen LogP contribution in [0, 0.1) is 5.92 Å². The maximum Gasteiger partial charge on any atom is 0.127 e. The fraction of sp³-hybridized carbons (Fsp3) is 0.818. The van der Waals surface area contributed by atoms with Gasteiger partial charge in [-0.2, -0.15) is 0 Å². The maximum atomic E-state index is 10.6. The third-order valence-electron chi connectivity index (χ3n) is 2.66. The van der Waals surface area contributed by atoms with Crippen LogP contribution < -0.4 is 0 Å². The van der Waals surface area contributed by atoms with Gasteiger partial charge >= 0.3 is 0 Å². The summed E-state index contributed by atoms with van der Waals surface area (Å²) in [6, 6.07) is 0. The summed E-state index contributed by atoms with van der Waals surface area (Å²) in [5.41, 5.74) is 0. The van der Waals surface area contributed by atoms with Crippen LogP contribution in [-0.2, 0) is 4.79 Å². The number of hydrogen-bond donors (Lipinski definition) is 0. The van der Waals surface area contributed by atoms with E-state index in [-0.39, 0.29) is 0 Å². The Morgan fingerprint density at radius 1 is 0.750 bits per heavy atom. The fourth-order valence-corrected chi connectivity index (χ4v) is 1.83. The summed E-state index contributed by atoms with van der Waals surface area (Å²) in [4.78, 5) is 10.6. The SMILES string of the molecule is O=C[C]1CCCCCCCCC1. The van der Waals surface area contributed by atoms with Gasteiger partial charge in [-0.3, -0.25) is 0 Å². The molecular formula is C11H19O. The molecule has 0 aliphatic heterocycles.